The average molecular weight is 423 g/mol. The lowest BCUT2D eigenvalue weighted by atomic mass is 10.1. The number of hydrogen-bond donors (Lipinski definition) is 1. The molecule has 156 valence electrons. The fourth-order valence-electron chi connectivity index (χ4n) is 3.31. The Labute approximate surface area is 180 Å². The molecule has 0 spiro atoms. The molecule has 0 aliphatic heterocycles. The molecule has 1 N–H and O–H groups in total. The van der Waals surface area contributed by atoms with Crippen LogP contribution in [0.4, 0.5) is 5.69 Å². The van der Waals surface area contributed by atoms with Gasteiger partial charge in [-0.25, -0.2) is 0 Å². The van der Waals surface area contributed by atoms with Crippen molar-refractivity contribution in [1.29, 1.82) is 0 Å². The van der Waals surface area contributed by atoms with Crippen molar-refractivity contribution < 1.29 is 9.53 Å². The van der Waals surface area contributed by atoms with Crippen LogP contribution in [0, 0.1) is 0 Å². The van der Waals surface area contributed by atoms with Crippen molar-refractivity contribution >= 4 is 22.9 Å². The monoisotopic (exact) mass is 422 g/mol. The first-order valence-electron chi connectivity index (χ1n) is 10.2. The summed E-state index contributed by atoms with van der Waals surface area (Å²) in [6.07, 6.45) is 3.38. The number of benzene rings is 2. The summed E-state index contributed by atoms with van der Waals surface area (Å²) >= 11 is 1.36. The summed E-state index contributed by atoms with van der Waals surface area (Å²) in [5.41, 5.74) is 3.25. The van der Waals surface area contributed by atoms with Crippen molar-refractivity contribution in [3.8, 4) is 5.75 Å². The number of aryl methyl sites for hydroxylation is 1. The molecule has 1 aliphatic rings. The van der Waals surface area contributed by atoms with Gasteiger partial charge in [-0.3, -0.25) is 9.69 Å². The second kappa shape index (κ2) is 9.36. The van der Waals surface area contributed by atoms with E-state index in [-0.39, 0.29) is 5.91 Å². The molecule has 0 radical (unpaired) electrons. The lowest BCUT2D eigenvalue weighted by Crippen LogP contribution is -2.25. The lowest BCUT2D eigenvalue weighted by Gasteiger charge is -2.20. The number of nitrogens with zero attached hydrogens (tertiary/aromatic N) is 3. The van der Waals surface area contributed by atoms with Gasteiger partial charge in [-0.2, -0.15) is 0 Å². The SMILES string of the molecule is CCc1ccc(NC(=O)c2nnc(CN(Cc3ccc(OC)cc3)C3CC3)s2)cc1. The third kappa shape index (κ3) is 5.23. The highest BCUT2D eigenvalue weighted by Crippen LogP contribution is 2.30. The Morgan fingerprint density at radius 1 is 1.07 bits per heavy atom. The summed E-state index contributed by atoms with van der Waals surface area (Å²) < 4.78 is 5.24. The number of carbonyl (C=O) groups excluding carboxylic acids is 1. The Hall–Kier alpha value is -2.77. The summed E-state index contributed by atoms with van der Waals surface area (Å²) in [7, 11) is 1.68. The Bertz CT molecular complexity index is 981. The fourth-order valence-corrected chi connectivity index (χ4v) is 4.07. The summed E-state index contributed by atoms with van der Waals surface area (Å²) in [5, 5.41) is 12.6. The molecule has 1 amide bonds. The Morgan fingerprint density at radius 2 is 1.77 bits per heavy atom. The predicted octanol–water partition coefficient (Wildman–Crippen LogP) is 4.53. The topological polar surface area (TPSA) is 67.4 Å². The maximum Gasteiger partial charge on any atom is 0.286 e. The zero-order valence-electron chi connectivity index (χ0n) is 17.3. The van der Waals surface area contributed by atoms with Crippen LogP contribution >= 0.6 is 11.3 Å². The van der Waals surface area contributed by atoms with Crippen LogP contribution in [0.25, 0.3) is 0 Å². The molecular formula is C23H26N4O2S. The van der Waals surface area contributed by atoms with Gasteiger partial charge in [0.1, 0.15) is 10.8 Å². The number of hydrogen-bond acceptors (Lipinski definition) is 6. The summed E-state index contributed by atoms with van der Waals surface area (Å²) in [6, 6.07) is 16.6. The lowest BCUT2D eigenvalue weighted by molar-refractivity contribution is 0.102. The van der Waals surface area contributed by atoms with E-state index in [4.69, 9.17) is 4.74 Å². The highest BCUT2D eigenvalue weighted by atomic mass is 32.1. The van der Waals surface area contributed by atoms with Crippen LogP contribution in [0.15, 0.2) is 48.5 Å². The molecule has 1 fully saturated rings. The van der Waals surface area contributed by atoms with E-state index in [1.54, 1.807) is 7.11 Å². The van der Waals surface area contributed by atoms with Gasteiger partial charge in [-0.05, 0) is 54.7 Å². The van der Waals surface area contributed by atoms with Gasteiger partial charge in [0, 0.05) is 18.3 Å². The average Bonchev–Trinajstić information content (AvgIpc) is 3.52. The molecule has 7 heteroatoms. The third-order valence-corrected chi connectivity index (χ3v) is 6.13. The van der Waals surface area contributed by atoms with Gasteiger partial charge in [0.05, 0.1) is 13.7 Å². The standard InChI is InChI=1S/C23H26N4O2S/c1-3-16-4-8-18(9-5-16)24-22(28)23-26-25-21(30-23)15-27(19-10-11-19)14-17-6-12-20(29-2)13-7-17/h4-9,12-13,19H,3,10-11,14-15H2,1-2H3,(H,24,28). The maximum absolute atomic E-state index is 12.5. The van der Waals surface area contributed by atoms with Crippen LogP contribution in [0.1, 0.15) is 45.7 Å². The van der Waals surface area contributed by atoms with Crippen molar-refractivity contribution in [3.05, 3.63) is 69.7 Å². The van der Waals surface area contributed by atoms with Gasteiger partial charge in [-0.15, -0.1) is 10.2 Å². The van der Waals surface area contributed by atoms with Crippen LogP contribution in [-0.2, 0) is 19.5 Å². The van der Waals surface area contributed by atoms with Crippen molar-refractivity contribution in [1.82, 2.24) is 15.1 Å². The van der Waals surface area contributed by atoms with Crippen molar-refractivity contribution in [2.75, 3.05) is 12.4 Å². The van der Waals surface area contributed by atoms with Crippen LogP contribution in [0.5, 0.6) is 5.75 Å². The number of methoxy groups -OCH3 is 1. The van der Waals surface area contributed by atoms with E-state index in [1.165, 1.54) is 35.3 Å². The molecule has 1 saturated carbocycles. The fraction of sp³-hybridized carbons (Fsp3) is 0.348. The summed E-state index contributed by atoms with van der Waals surface area (Å²) in [4.78, 5) is 14.9. The first-order valence-corrected chi connectivity index (χ1v) is 11.1. The zero-order chi connectivity index (χ0) is 20.9. The van der Waals surface area contributed by atoms with Gasteiger partial charge in [0.15, 0.2) is 0 Å². The quantitative estimate of drug-likeness (QED) is 0.549. The first-order chi connectivity index (χ1) is 14.6. The first kappa shape index (κ1) is 20.5. The molecule has 30 heavy (non-hydrogen) atoms. The number of anilines is 1. The van der Waals surface area contributed by atoms with Crippen molar-refractivity contribution in [2.45, 2.75) is 45.3 Å². The molecular weight excluding hydrogens is 396 g/mol. The Kier molecular flexibility index (Phi) is 6.40. The van der Waals surface area contributed by atoms with Crippen molar-refractivity contribution in [2.24, 2.45) is 0 Å². The van der Waals surface area contributed by atoms with E-state index in [0.717, 1.165) is 29.4 Å². The smallest absolute Gasteiger partial charge is 0.286 e. The van der Waals surface area contributed by atoms with Gasteiger partial charge < -0.3 is 10.1 Å². The summed E-state index contributed by atoms with van der Waals surface area (Å²) in [5.74, 6) is 0.650. The van der Waals surface area contributed by atoms with Gasteiger partial charge >= 0.3 is 0 Å². The molecule has 0 atom stereocenters. The number of rotatable bonds is 9. The molecule has 0 bridgehead atoms. The molecule has 0 saturated heterocycles. The van der Waals surface area contributed by atoms with E-state index >= 15 is 0 Å². The van der Waals surface area contributed by atoms with Crippen LogP contribution in [-0.4, -0.2) is 34.2 Å². The summed E-state index contributed by atoms with van der Waals surface area (Å²) in [6.45, 7) is 3.66. The molecule has 3 aromatic rings. The van der Waals surface area contributed by atoms with E-state index in [9.17, 15) is 4.79 Å². The molecule has 6 nitrogen and oxygen atoms in total. The van der Waals surface area contributed by atoms with Crippen LogP contribution < -0.4 is 10.1 Å². The molecule has 2 aromatic carbocycles. The maximum atomic E-state index is 12.5. The van der Waals surface area contributed by atoms with E-state index < -0.39 is 0 Å². The minimum atomic E-state index is -0.212. The minimum Gasteiger partial charge on any atom is -0.497 e. The molecule has 1 aliphatic carbocycles. The highest BCUT2D eigenvalue weighted by molar-refractivity contribution is 7.13. The number of aromatic nitrogens is 2. The number of ether oxygens (including phenoxy) is 1. The predicted molar refractivity (Wildman–Crippen MR) is 119 cm³/mol. The van der Waals surface area contributed by atoms with Gasteiger partial charge in [0.25, 0.3) is 5.91 Å². The molecule has 1 aromatic heterocycles. The molecule has 1 heterocycles. The normalized spacial score (nSPS) is 13.4. The second-order valence-corrected chi connectivity index (χ2v) is 8.55. The largest absolute Gasteiger partial charge is 0.497 e. The Morgan fingerprint density at radius 3 is 2.40 bits per heavy atom. The van der Waals surface area contributed by atoms with E-state index in [2.05, 4.69) is 39.5 Å². The number of amides is 1. The number of nitrogens with one attached hydrogen (secondary N) is 1. The molecule has 0 unspecified atom stereocenters. The molecule has 4 rings (SSSR count). The highest BCUT2D eigenvalue weighted by Gasteiger charge is 2.30. The van der Waals surface area contributed by atoms with Crippen molar-refractivity contribution in [3.63, 3.8) is 0 Å². The van der Waals surface area contributed by atoms with Gasteiger partial charge in [-0.1, -0.05) is 42.5 Å². The van der Waals surface area contributed by atoms with E-state index in [0.29, 0.717) is 17.6 Å². The van der Waals surface area contributed by atoms with Crippen LogP contribution in [0.2, 0.25) is 0 Å². The third-order valence-electron chi connectivity index (χ3n) is 5.23. The minimum absolute atomic E-state index is 0.212. The van der Waals surface area contributed by atoms with Gasteiger partial charge in [0.2, 0.25) is 5.01 Å². The Balaban J connectivity index is 1.38. The number of carbonyl (C=O) groups is 1. The van der Waals surface area contributed by atoms with E-state index in [1.807, 2.05) is 36.4 Å². The second-order valence-electron chi connectivity index (χ2n) is 7.49. The zero-order valence-corrected chi connectivity index (χ0v) is 18.1. The van der Waals surface area contributed by atoms with Crippen LogP contribution in [0.3, 0.4) is 0 Å².